The van der Waals surface area contributed by atoms with Gasteiger partial charge in [0.15, 0.2) is 11.4 Å². The lowest BCUT2D eigenvalue weighted by Crippen LogP contribution is -2.41. The number of rotatable bonds is 6. The number of aryl methyl sites for hydroxylation is 2. The van der Waals surface area contributed by atoms with Crippen LogP contribution in [0.5, 0.6) is 0 Å². The molecule has 0 unspecified atom stereocenters. The zero-order valence-corrected chi connectivity index (χ0v) is 15.7. The Hall–Kier alpha value is -2.94. The fourth-order valence-corrected chi connectivity index (χ4v) is 3.45. The highest BCUT2D eigenvalue weighted by atomic mass is 16.5. The van der Waals surface area contributed by atoms with Gasteiger partial charge in [-0.3, -0.25) is 9.36 Å². The summed E-state index contributed by atoms with van der Waals surface area (Å²) in [6, 6.07) is 7.22. The van der Waals surface area contributed by atoms with Crippen LogP contribution in [0.25, 0.3) is 11.1 Å². The van der Waals surface area contributed by atoms with Crippen LogP contribution >= 0.6 is 0 Å². The van der Waals surface area contributed by atoms with Gasteiger partial charge in [0.25, 0.3) is 5.89 Å². The first-order valence-corrected chi connectivity index (χ1v) is 9.37. The Labute approximate surface area is 160 Å². The molecule has 0 N–H and O–H groups in total. The maximum absolute atomic E-state index is 12.5. The number of fused-ring (bicyclic) bond motifs is 1. The SMILES string of the molecule is Cc1noc(COC2CCN(C(=O)CCn3c(=O)oc4ccccc43)CC2)n1. The number of benzene rings is 1. The number of amides is 1. The summed E-state index contributed by atoms with van der Waals surface area (Å²) in [6.07, 6.45) is 1.84. The van der Waals surface area contributed by atoms with Gasteiger partial charge in [0.05, 0.1) is 11.6 Å². The molecule has 0 spiro atoms. The van der Waals surface area contributed by atoms with E-state index in [0.717, 1.165) is 12.8 Å². The molecule has 2 aromatic heterocycles. The fraction of sp³-hybridized carbons (Fsp3) is 0.474. The largest absolute Gasteiger partial charge is 0.419 e. The molecule has 0 bridgehead atoms. The number of carbonyl (C=O) groups is 1. The number of hydrogen-bond acceptors (Lipinski definition) is 7. The number of oxazole rings is 1. The van der Waals surface area contributed by atoms with Gasteiger partial charge >= 0.3 is 5.76 Å². The molecule has 1 aromatic carbocycles. The van der Waals surface area contributed by atoms with Crippen LogP contribution in [-0.4, -0.2) is 44.7 Å². The zero-order valence-electron chi connectivity index (χ0n) is 15.7. The maximum atomic E-state index is 12.5. The van der Waals surface area contributed by atoms with Crippen LogP contribution in [0.3, 0.4) is 0 Å². The standard InChI is InChI=1S/C19H22N4O5/c1-13-20-17(28-21-13)12-26-14-6-9-22(10-7-14)18(24)8-11-23-15-4-2-3-5-16(15)27-19(23)25/h2-5,14H,6-12H2,1H3. The van der Waals surface area contributed by atoms with E-state index < -0.39 is 5.76 Å². The fourth-order valence-electron chi connectivity index (χ4n) is 3.45. The van der Waals surface area contributed by atoms with Crippen LogP contribution in [0.2, 0.25) is 0 Å². The van der Waals surface area contributed by atoms with Crippen LogP contribution in [0, 0.1) is 6.92 Å². The number of nitrogens with zero attached hydrogens (tertiary/aromatic N) is 4. The molecule has 3 aromatic rings. The molecule has 9 heteroatoms. The molecule has 4 rings (SSSR count). The lowest BCUT2D eigenvalue weighted by Gasteiger charge is -2.31. The second-order valence-electron chi connectivity index (χ2n) is 6.86. The van der Waals surface area contributed by atoms with Crippen LogP contribution < -0.4 is 5.76 Å². The predicted molar refractivity (Wildman–Crippen MR) is 98.5 cm³/mol. The molecule has 0 atom stereocenters. The van der Waals surface area contributed by atoms with Gasteiger partial charge in [-0.25, -0.2) is 4.79 Å². The number of para-hydroxylation sites is 2. The lowest BCUT2D eigenvalue weighted by molar-refractivity contribution is -0.134. The second kappa shape index (κ2) is 7.97. The summed E-state index contributed by atoms with van der Waals surface area (Å²) in [5, 5.41) is 3.73. The molecular weight excluding hydrogens is 364 g/mol. The maximum Gasteiger partial charge on any atom is 0.419 e. The molecule has 9 nitrogen and oxygen atoms in total. The van der Waals surface area contributed by atoms with E-state index in [1.165, 1.54) is 4.57 Å². The first kappa shape index (κ1) is 18.4. The first-order chi connectivity index (χ1) is 13.6. The average molecular weight is 386 g/mol. The van der Waals surface area contributed by atoms with Crippen LogP contribution in [-0.2, 0) is 22.7 Å². The Morgan fingerprint density at radius 1 is 1.29 bits per heavy atom. The third kappa shape index (κ3) is 3.99. The van der Waals surface area contributed by atoms with Crippen LogP contribution in [0.1, 0.15) is 31.0 Å². The molecule has 1 fully saturated rings. The van der Waals surface area contributed by atoms with Crippen molar-refractivity contribution in [2.75, 3.05) is 13.1 Å². The van der Waals surface area contributed by atoms with Crippen molar-refractivity contribution >= 4 is 17.0 Å². The predicted octanol–water partition coefficient (Wildman–Crippen LogP) is 1.88. The van der Waals surface area contributed by atoms with E-state index >= 15 is 0 Å². The first-order valence-electron chi connectivity index (χ1n) is 9.37. The van der Waals surface area contributed by atoms with Gasteiger partial charge in [0.1, 0.15) is 6.61 Å². The van der Waals surface area contributed by atoms with Gasteiger partial charge in [0.2, 0.25) is 5.91 Å². The van der Waals surface area contributed by atoms with Gasteiger partial charge < -0.3 is 18.6 Å². The van der Waals surface area contributed by atoms with Crippen molar-refractivity contribution in [1.29, 1.82) is 0 Å². The van der Waals surface area contributed by atoms with E-state index in [0.29, 0.717) is 42.4 Å². The van der Waals surface area contributed by atoms with Crippen molar-refractivity contribution < 1.29 is 18.5 Å². The van der Waals surface area contributed by atoms with E-state index in [-0.39, 0.29) is 25.0 Å². The van der Waals surface area contributed by atoms with E-state index in [4.69, 9.17) is 13.7 Å². The van der Waals surface area contributed by atoms with Gasteiger partial charge in [-0.05, 0) is 31.9 Å². The topological polar surface area (TPSA) is 104 Å². The minimum Gasteiger partial charge on any atom is -0.408 e. The Morgan fingerprint density at radius 2 is 2.07 bits per heavy atom. The number of ether oxygens (including phenoxy) is 1. The molecule has 0 aliphatic carbocycles. The molecule has 0 radical (unpaired) electrons. The number of hydrogen-bond donors (Lipinski definition) is 0. The summed E-state index contributed by atoms with van der Waals surface area (Å²) in [5.74, 6) is 0.651. The molecule has 0 saturated carbocycles. The summed E-state index contributed by atoms with van der Waals surface area (Å²) in [6.45, 7) is 3.62. The van der Waals surface area contributed by atoms with E-state index in [2.05, 4.69) is 10.1 Å². The number of piperidine rings is 1. The minimum absolute atomic E-state index is 0.0307. The van der Waals surface area contributed by atoms with Crippen LogP contribution in [0.15, 0.2) is 38.0 Å². The third-order valence-corrected chi connectivity index (χ3v) is 4.93. The Kier molecular flexibility index (Phi) is 5.25. The van der Waals surface area contributed by atoms with Gasteiger partial charge in [0, 0.05) is 26.1 Å². The Balaban J connectivity index is 1.26. The van der Waals surface area contributed by atoms with Crippen molar-refractivity contribution in [3.05, 3.63) is 46.5 Å². The third-order valence-electron chi connectivity index (χ3n) is 4.93. The minimum atomic E-state index is -0.433. The quantitative estimate of drug-likeness (QED) is 0.637. The molecular formula is C19H22N4O5. The van der Waals surface area contributed by atoms with Crippen molar-refractivity contribution in [2.45, 2.75) is 45.4 Å². The summed E-state index contributed by atoms with van der Waals surface area (Å²) < 4.78 is 17.6. The molecule has 148 valence electrons. The lowest BCUT2D eigenvalue weighted by atomic mass is 10.1. The number of carbonyl (C=O) groups excluding carboxylic acids is 1. The smallest absolute Gasteiger partial charge is 0.408 e. The van der Waals surface area contributed by atoms with Crippen LogP contribution in [0.4, 0.5) is 0 Å². The average Bonchev–Trinajstić information content (AvgIpc) is 3.27. The summed E-state index contributed by atoms with van der Waals surface area (Å²) in [4.78, 5) is 30.5. The van der Waals surface area contributed by atoms with E-state index in [1.807, 2.05) is 23.1 Å². The highest BCUT2D eigenvalue weighted by Gasteiger charge is 2.24. The van der Waals surface area contributed by atoms with Crippen molar-refractivity contribution in [1.82, 2.24) is 19.6 Å². The number of likely N-dealkylation sites (tertiary alicyclic amines) is 1. The number of aromatic nitrogens is 3. The summed E-state index contributed by atoms with van der Waals surface area (Å²) in [7, 11) is 0. The van der Waals surface area contributed by atoms with Gasteiger partial charge in [-0.1, -0.05) is 17.3 Å². The van der Waals surface area contributed by atoms with Gasteiger partial charge in [-0.2, -0.15) is 4.98 Å². The molecule has 3 heterocycles. The Bertz CT molecular complexity index is 1010. The Morgan fingerprint density at radius 3 is 2.82 bits per heavy atom. The zero-order chi connectivity index (χ0) is 19.5. The molecule has 1 saturated heterocycles. The van der Waals surface area contributed by atoms with Crippen molar-refractivity contribution in [3.8, 4) is 0 Å². The highest BCUT2D eigenvalue weighted by Crippen LogP contribution is 2.17. The molecule has 1 aliphatic rings. The monoisotopic (exact) mass is 386 g/mol. The highest BCUT2D eigenvalue weighted by molar-refractivity contribution is 5.77. The van der Waals surface area contributed by atoms with E-state index in [1.54, 1.807) is 13.0 Å². The summed E-state index contributed by atoms with van der Waals surface area (Å²) >= 11 is 0. The van der Waals surface area contributed by atoms with E-state index in [9.17, 15) is 9.59 Å². The van der Waals surface area contributed by atoms with Crippen molar-refractivity contribution in [3.63, 3.8) is 0 Å². The van der Waals surface area contributed by atoms with Crippen molar-refractivity contribution in [2.24, 2.45) is 0 Å². The normalized spacial score (nSPS) is 15.4. The molecule has 1 amide bonds. The molecule has 1 aliphatic heterocycles. The summed E-state index contributed by atoms with van der Waals surface area (Å²) in [5.41, 5.74) is 1.25. The molecule has 28 heavy (non-hydrogen) atoms. The van der Waals surface area contributed by atoms with Gasteiger partial charge in [-0.15, -0.1) is 0 Å². The second-order valence-corrected chi connectivity index (χ2v) is 6.86.